The summed E-state index contributed by atoms with van der Waals surface area (Å²) in [7, 11) is 0. The zero-order chi connectivity index (χ0) is 25.6. The smallest absolute Gasteiger partial charge is 0.317 e. The Hall–Kier alpha value is -3.81. The average molecular weight is 489 g/mol. The highest BCUT2D eigenvalue weighted by Gasteiger charge is 2.30. The van der Waals surface area contributed by atoms with Crippen molar-refractivity contribution in [2.45, 2.75) is 53.2 Å². The number of benzene rings is 2. The van der Waals surface area contributed by atoms with Gasteiger partial charge < -0.3 is 25.3 Å². The van der Waals surface area contributed by atoms with Crippen molar-refractivity contribution in [3.63, 3.8) is 0 Å². The van der Waals surface area contributed by atoms with Crippen LogP contribution in [0, 0.1) is 26.7 Å². The second-order valence-corrected chi connectivity index (χ2v) is 9.97. The molecule has 3 heterocycles. The summed E-state index contributed by atoms with van der Waals surface area (Å²) in [6.07, 6.45) is 0.655. The zero-order valence-electron chi connectivity index (χ0n) is 21.2. The van der Waals surface area contributed by atoms with Crippen LogP contribution in [0.2, 0.25) is 0 Å². The minimum Gasteiger partial charge on any atom is -0.479 e. The lowest BCUT2D eigenvalue weighted by molar-refractivity contribution is -0.122. The van der Waals surface area contributed by atoms with Crippen LogP contribution in [0.15, 0.2) is 30.3 Å². The second kappa shape index (κ2) is 9.33. The van der Waals surface area contributed by atoms with Crippen LogP contribution in [0.1, 0.15) is 52.5 Å². The third-order valence-corrected chi connectivity index (χ3v) is 7.42. The Kier molecular flexibility index (Phi) is 6.20. The molecule has 1 atom stereocenters. The fourth-order valence-corrected chi connectivity index (χ4v) is 5.15. The van der Waals surface area contributed by atoms with Crippen LogP contribution in [0.5, 0.6) is 5.75 Å². The highest BCUT2D eigenvalue weighted by atomic mass is 16.5. The number of amides is 3. The Morgan fingerprint density at radius 3 is 2.61 bits per heavy atom. The number of piperidine rings is 1. The summed E-state index contributed by atoms with van der Waals surface area (Å²) in [6, 6.07) is 9.33. The summed E-state index contributed by atoms with van der Waals surface area (Å²) in [6.45, 7) is 9.41. The molecule has 0 aliphatic carbocycles. The van der Waals surface area contributed by atoms with Crippen LogP contribution in [0.25, 0.3) is 10.9 Å². The number of rotatable bonds is 4. The van der Waals surface area contributed by atoms with E-state index in [1.807, 2.05) is 0 Å². The minimum absolute atomic E-state index is 0.0327. The summed E-state index contributed by atoms with van der Waals surface area (Å²) in [5.74, 6) is 0.220. The lowest BCUT2D eigenvalue weighted by Gasteiger charge is -2.31. The van der Waals surface area contributed by atoms with E-state index in [4.69, 9.17) is 4.74 Å². The highest BCUT2D eigenvalue weighted by molar-refractivity contribution is 6.02. The van der Waals surface area contributed by atoms with Gasteiger partial charge in [-0.1, -0.05) is 11.6 Å². The first-order valence-electron chi connectivity index (χ1n) is 12.5. The topological polar surface area (TPSA) is 104 Å². The van der Waals surface area contributed by atoms with Crippen LogP contribution < -0.4 is 15.4 Å². The molecule has 0 bridgehead atoms. The number of ketones is 1. The van der Waals surface area contributed by atoms with Gasteiger partial charge in [-0.2, -0.15) is 0 Å². The number of anilines is 1. The molecule has 0 saturated carbocycles. The van der Waals surface area contributed by atoms with Crippen molar-refractivity contribution in [3.05, 3.63) is 58.3 Å². The van der Waals surface area contributed by atoms with Crippen LogP contribution in [-0.4, -0.2) is 46.8 Å². The van der Waals surface area contributed by atoms with Crippen molar-refractivity contribution in [1.29, 1.82) is 0 Å². The predicted octanol–water partition coefficient (Wildman–Crippen LogP) is 4.62. The number of ether oxygens (including phenoxy) is 1. The van der Waals surface area contributed by atoms with Crippen LogP contribution in [0.3, 0.4) is 0 Å². The van der Waals surface area contributed by atoms with Crippen LogP contribution in [0.4, 0.5) is 10.5 Å². The number of aromatic nitrogens is 1. The monoisotopic (exact) mass is 488 g/mol. The number of H-pyrrole nitrogens is 1. The van der Waals surface area contributed by atoms with Gasteiger partial charge in [-0.25, -0.2) is 4.79 Å². The maximum atomic E-state index is 13.1. The van der Waals surface area contributed by atoms with Crippen molar-refractivity contribution < 1.29 is 19.1 Å². The number of likely N-dealkylation sites (tertiary alicyclic amines) is 1. The molecule has 3 amide bonds. The summed E-state index contributed by atoms with van der Waals surface area (Å²) in [5.41, 5.74) is 6.75. The third kappa shape index (κ3) is 4.43. The first kappa shape index (κ1) is 23.9. The van der Waals surface area contributed by atoms with E-state index in [0.29, 0.717) is 49.5 Å². The number of hydrogen-bond acceptors (Lipinski definition) is 4. The number of aromatic amines is 1. The number of Topliss-reactive ketones (excluding diaryl/α,β-unsaturated/α-hetero) is 1. The normalized spacial score (nSPS) is 17.9. The molecule has 36 heavy (non-hydrogen) atoms. The van der Waals surface area contributed by atoms with Crippen molar-refractivity contribution >= 4 is 34.3 Å². The van der Waals surface area contributed by atoms with Gasteiger partial charge in [0.05, 0.1) is 11.2 Å². The molecule has 8 nitrogen and oxygen atoms in total. The average Bonchev–Trinajstić information content (AvgIpc) is 3.15. The molecule has 1 unspecified atom stereocenters. The van der Waals surface area contributed by atoms with Gasteiger partial charge in [-0.05, 0) is 75.9 Å². The number of fused-ring (bicyclic) bond motifs is 2. The fourth-order valence-electron chi connectivity index (χ4n) is 5.15. The molecule has 1 fully saturated rings. The van der Waals surface area contributed by atoms with Gasteiger partial charge in [0, 0.05) is 42.2 Å². The summed E-state index contributed by atoms with van der Waals surface area (Å²) in [4.78, 5) is 43.2. The lowest BCUT2D eigenvalue weighted by Crippen LogP contribution is -2.45. The van der Waals surface area contributed by atoms with Gasteiger partial charge in [0.1, 0.15) is 5.75 Å². The Morgan fingerprint density at radius 2 is 1.86 bits per heavy atom. The maximum Gasteiger partial charge on any atom is 0.317 e. The third-order valence-electron chi connectivity index (χ3n) is 7.42. The van der Waals surface area contributed by atoms with Crippen molar-refractivity contribution in [1.82, 2.24) is 15.2 Å². The number of hydrogen-bond donors (Lipinski definition) is 3. The fraction of sp³-hybridized carbons (Fsp3) is 0.393. The van der Waals surface area contributed by atoms with Crippen molar-refractivity contribution in [3.8, 4) is 5.75 Å². The van der Waals surface area contributed by atoms with E-state index in [2.05, 4.69) is 48.5 Å². The van der Waals surface area contributed by atoms with Crippen LogP contribution in [-0.2, 0) is 11.3 Å². The SMILES string of the molecule is Cc1cc(CNC(=O)N2CCC(C(=O)c3ccc4c(c3)NC(=O)C(C)O4)CC2)c2[nH]c(C)c(C)c2c1. The van der Waals surface area contributed by atoms with Gasteiger partial charge in [-0.15, -0.1) is 0 Å². The van der Waals surface area contributed by atoms with E-state index in [1.54, 1.807) is 30.0 Å². The lowest BCUT2D eigenvalue weighted by atomic mass is 9.88. The molecular formula is C28H32N4O4. The van der Waals surface area contributed by atoms with E-state index >= 15 is 0 Å². The number of aryl methyl sites for hydroxylation is 3. The first-order chi connectivity index (χ1) is 17.2. The molecular weight excluding hydrogens is 456 g/mol. The molecule has 0 radical (unpaired) electrons. The molecule has 3 aromatic rings. The van der Waals surface area contributed by atoms with Gasteiger partial charge in [0.15, 0.2) is 11.9 Å². The molecule has 1 aromatic heterocycles. The molecule has 2 aromatic carbocycles. The first-order valence-corrected chi connectivity index (χ1v) is 12.5. The Morgan fingerprint density at radius 1 is 1.11 bits per heavy atom. The van der Waals surface area contributed by atoms with Gasteiger partial charge in [-0.3, -0.25) is 9.59 Å². The molecule has 3 N–H and O–H groups in total. The summed E-state index contributed by atoms with van der Waals surface area (Å²) < 4.78 is 5.58. The molecule has 8 heteroatoms. The van der Waals surface area contributed by atoms with E-state index in [0.717, 1.165) is 22.3 Å². The number of carbonyl (C=O) groups excluding carboxylic acids is 3. The largest absolute Gasteiger partial charge is 0.479 e. The standard InChI is InChI=1S/C28H32N4O4/c1-15-11-21(25-22(12-15)16(2)17(3)30-25)14-29-28(35)32-9-7-19(8-10-32)26(33)20-5-6-24-23(13-20)31-27(34)18(4)36-24/h5-6,11-13,18-19,30H,7-10,14H2,1-4H3,(H,29,35)(H,31,34). The van der Waals surface area contributed by atoms with Crippen molar-refractivity contribution in [2.24, 2.45) is 5.92 Å². The Bertz CT molecular complexity index is 1370. The van der Waals surface area contributed by atoms with Gasteiger partial charge in [0.2, 0.25) is 0 Å². The van der Waals surface area contributed by atoms with E-state index < -0.39 is 6.10 Å². The van der Waals surface area contributed by atoms with Gasteiger partial charge in [0.25, 0.3) is 5.91 Å². The quantitative estimate of drug-likeness (QED) is 0.466. The predicted molar refractivity (Wildman–Crippen MR) is 139 cm³/mol. The minimum atomic E-state index is -0.553. The summed E-state index contributed by atoms with van der Waals surface area (Å²) in [5, 5.41) is 7.05. The van der Waals surface area contributed by atoms with E-state index in [-0.39, 0.29) is 23.6 Å². The summed E-state index contributed by atoms with van der Waals surface area (Å²) >= 11 is 0. The Labute approximate surface area is 210 Å². The van der Waals surface area contributed by atoms with Crippen molar-refractivity contribution in [2.75, 3.05) is 18.4 Å². The number of carbonyl (C=O) groups is 3. The number of urea groups is 1. The highest BCUT2D eigenvalue weighted by Crippen LogP contribution is 2.32. The maximum absolute atomic E-state index is 13.1. The molecule has 5 rings (SSSR count). The molecule has 2 aliphatic rings. The van der Waals surface area contributed by atoms with Gasteiger partial charge >= 0.3 is 6.03 Å². The van der Waals surface area contributed by atoms with E-state index in [1.165, 1.54) is 10.9 Å². The molecule has 0 spiro atoms. The van der Waals surface area contributed by atoms with Crippen LogP contribution >= 0.6 is 0 Å². The van der Waals surface area contributed by atoms with E-state index in [9.17, 15) is 14.4 Å². The molecule has 1 saturated heterocycles. The Balaban J connectivity index is 1.19. The number of nitrogens with zero attached hydrogens (tertiary/aromatic N) is 1. The zero-order valence-corrected chi connectivity index (χ0v) is 21.2. The molecule has 2 aliphatic heterocycles. The molecule has 188 valence electrons. The second-order valence-electron chi connectivity index (χ2n) is 9.97. The number of nitrogens with one attached hydrogen (secondary N) is 3.